The fourth-order valence-electron chi connectivity index (χ4n) is 2.33. The van der Waals surface area contributed by atoms with Crippen LogP contribution in [-0.2, 0) is 14.9 Å². The van der Waals surface area contributed by atoms with E-state index in [1.54, 1.807) is 18.2 Å². The Hall–Kier alpha value is -1.60. The Balaban J connectivity index is 2.28. The number of benzene rings is 1. The summed E-state index contributed by atoms with van der Waals surface area (Å²) in [6.45, 7) is 2.85. The molecule has 1 heterocycles. The van der Waals surface area contributed by atoms with E-state index in [0.29, 0.717) is 13.1 Å². The second kappa shape index (κ2) is 6.44. The number of aryl methyl sites for hydroxylation is 1. The Kier molecular flexibility index (Phi) is 4.84. The van der Waals surface area contributed by atoms with Crippen LogP contribution >= 0.6 is 0 Å². The van der Waals surface area contributed by atoms with Crippen molar-refractivity contribution in [3.8, 4) is 0 Å². The van der Waals surface area contributed by atoms with Crippen molar-refractivity contribution in [2.24, 2.45) is 0 Å². The fourth-order valence-corrected chi connectivity index (χ4v) is 3.66. The monoisotopic (exact) mass is 312 g/mol. The minimum Gasteiger partial charge on any atom is -0.465 e. The lowest BCUT2D eigenvalue weighted by molar-refractivity contribution is 0.0602. The molecule has 1 aliphatic rings. The normalized spacial score (nSPS) is 16.5. The first-order valence-corrected chi connectivity index (χ1v) is 8.35. The highest BCUT2D eigenvalue weighted by Crippen LogP contribution is 2.22. The smallest absolute Gasteiger partial charge is 0.340 e. The number of ether oxygens (including phenoxy) is 1. The molecule has 21 heavy (non-hydrogen) atoms. The van der Waals surface area contributed by atoms with Crippen LogP contribution in [0.3, 0.4) is 0 Å². The fraction of sp³-hybridized carbons (Fsp3) is 0.500. The summed E-state index contributed by atoms with van der Waals surface area (Å²) in [6.07, 6.45) is 2.77. The first-order valence-electron chi connectivity index (χ1n) is 6.91. The number of esters is 1. The number of hydrogen-bond donors (Lipinski definition) is 1. The maximum absolute atomic E-state index is 12.4. The quantitative estimate of drug-likeness (QED) is 0.862. The number of nitrogens with one attached hydrogen (secondary N) is 1. The Morgan fingerprint density at radius 2 is 1.90 bits per heavy atom. The number of rotatable bonds is 4. The van der Waals surface area contributed by atoms with Gasteiger partial charge in [0.2, 0.25) is 0 Å². The summed E-state index contributed by atoms with van der Waals surface area (Å²) in [6, 6.07) is 4.95. The topological polar surface area (TPSA) is 75.7 Å². The van der Waals surface area contributed by atoms with Gasteiger partial charge in [0.25, 0.3) is 0 Å². The highest BCUT2D eigenvalue weighted by Gasteiger charge is 2.25. The summed E-state index contributed by atoms with van der Waals surface area (Å²) >= 11 is 0. The van der Waals surface area contributed by atoms with Crippen LogP contribution in [0, 0.1) is 6.92 Å². The Labute approximate surface area is 125 Å². The van der Waals surface area contributed by atoms with Crippen LogP contribution in [0.15, 0.2) is 18.2 Å². The van der Waals surface area contributed by atoms with Gasteiger partial charge in [0, 0.05) is 13.1 Å². The van der Waals surface area contributed by atoms with E-state index in [1.807, 2.05) is 6.92 Å². The van der Waals surface area contributed by atoms with Gasteiger partial charge in [0.15, 0.2) is 0 Å². The summed E-state index contributed by atoms with van der Waals surface area (Å²) in [7, 11) is -2.37. The summed E-state index contributed by atoms with van der Waals surface area (Å²) in [5.41, 5.74) is 1.33. The number of hydrogen-bond acceptors (Lipinski definition) is 4. The predicted octanol–water partition coefficient (Wildman–Crippen LogP) is 1.92. The van der Waals surface area contributed by atoms with Crippen molar-refractivity contribution in [3.63, 3.8) is 0 Å². The van der Waals surface area contributed by atoms with E-state index in [0.717, 1.165) is 24.8 Å². The minimum absolute atomic E-state index is 0.220. The maximum Gasteiger partial charge on any atom is 0.340 e. The summed E-state index contributed by atoms with van der Waals surface area (Å²) in [4.78, 5) is 11.8. The van der Waals surface area contributed by atoms with Crippen LogP contribution in [-0.4, -0.2) is 38.9 Å². The molecule has 0 amide bonds. The van der Waals surface area contributed by atoms with E-state index in [9.17, 15) is 13.2 Å². The second-order valence-corrected chi connectivity index (χ2v) is 6.78. The van der Waals surface area contributed by atoms with Crippen LogP contribution in [0.1, 0.15) is 35.2 Å². The molecule has 0 bridgehead atoms. The number of anilines is 1. The zero-order valence-corrected chi connectivity index (χ0v) is 13.1. The molecule has 0 aromatic heterocycles. The van der Waals surface area contributed by atoms with Crippen LogP contribution in [0.4, 0.5) is 5.69 Å². The number of nitrogens with zero attached hydrogens (tertiary/aromatic N) is 1. The molecule has 0 spiro atoms. The predicted molar refractivity (Wildman–Crippen MR) is 80.5 cm³/mol. The molecule has 116 valence electrons. The van der Waals surface area contributed by atoms with Crippen LogP contribution in [0.5, 0.6) is 0 Å². The molecule has 0 aliphatic carbocycles. The number of piperidine rings is 1. The van der Waals surface area contributed by atoms with Gasteiger partial charge < -0.3 is 4.74 Å². The Morgan fingerprint density at radius 3 is 2.52 bits per heavy atom. The number of methoxy groups -OCH3 is 1. The molecule has 1 fully saturated rings. The van der Waals surface area contributed by atoms with Crippen LogP contribution < -0.4 is 4.72 Å². The molecule has 0 saturated carbocycles. The van der Waals surface area contributed by atoms with E-state index in [1.165, 1.54) is 11.4 Å². The molecule has 1 aromatic rings. The van der Waals surface area contributed by atoms with Crippen LogP contribution in [0.2, 0.25) is 0 Å². The van der Waals surface area contributed by atoms with E-state index in [-0.39, 0.29) is 11.3 Å². The van der Waals surface area contributed by atoms with Gasteiger partial charge in [0.05, 0.1) is 18.4 Å². The van der Waals surface area contributed by atoms with Crippen molar-refractivity contribution < 1.29 is 17.9 Å². The molecule has 7 heteroatoms. The van der Waals surface area contributed by atoms with Crippen molar-refractivity contribution in [1.29, 1.82) is 0 Å². The molecular weight excluding hydrogens is 292 g/mol. The third-order valence-electron chi connectivity index (χ3n) is 3.47. The van der Waals surface area contributed by atoms with Gasteiger partial charge >= 0.3 is 16.2 Å². The van der Waals surface area contributed by atoms with E-state index in [4.69, 9.17) is 4.74 Å². The molecule has 2 rings (SSSR count). The van der Waals surface area contributed by atoms with Gasteiger partial charge in [-0.1, -0.05) is 18.1 Å². The molecule has 0 unspecified atom stereocenters. The van der Waals surface area contributed by atoms with Gasteiger partial charge in [-0.05, 0) is 31.9 Å². The van der Waals surface area contributed by atoms with E-state index >= 15 is 0 Å². The molecule has 1 N–H and O–H groups in total. The third-order valence-corrected chi connectivity index (χ3v) is 5.00. The highest BCUT2D eigenvalue weighted by atomic mass is 32.2. The van der Waals surface area contributed by atoms with Gasteiger partial charge in [0.1, 0.15) is 0 Å². The van der Waals surface area contributed by atoms with Crippen LogP contribution in [0.25, 0.3) is 0 Å². The standard InChI is InChI=1S/C14H20N2O4S/c1-11-6-7-13(12(10-11)14(17)20-2)15-21(18,19)16-8-4-3-5-9-16/h6-7,10,15H,3-5,8-9H2,1-2H3. The first kappa shape index (κ1) is 15.8. The van der Waals surface area contributed by atoms with Crippen molar-refractivity contribution in [1.82, 2.24) is 4.31 Å². The summed E-state index contributed by atoms with van der Waals surface area (Å²) in [5.74, 6) is -0.560. The van der Waals surface area contributed by atoms with Crippen molar-refractivity contribution in [3.05, 3.63) is 29.3 Å². The molecule has 1 aliphatic heterocycles. The zero-order chi connectivity index (χ0) is 15.5. The molecule has 6 nitrogen and oxygen atoms in total. The van der Waals surface area contributed by atoms with Gasteiger partial charge in [-0.3, -0.25) is 4.72 Å². The van der Waals surface area contributed by atoms with Crippen molar-refractivity contribution in [2.45, 2.75) is 26.2 Å². The number of carbonyl (C=O) groups is 1. The summed E-state index contributed by atoms with van der Waals surface area (Å²) < 4.78 is 33.3. The molecule has 1 saturated heterocycles. The van der Waals surface area contributed by atoms with Gasteiger partial charge in [-0.15, -0.1) is 0 Å². The third kappa shape index (κ3) is 3.74. The summed E-state index contributed by atoms with van der Waals surface area (Å²) in [5, 5.41) is 0. The Bertz CT molecular complexity index is 622. The van der Waals surface area contributed by atoms with E-state index < -0.39 is 16.2 Å². The molecule has 0 atom stereocenters. The highest BCUT2D eigenvalue weighted by molar-refractivity contribution is 7.90. The van der Waals surface area contributed by atoms with Gasteiger partial charge in [-0.2, -0.15) is 12.7 Å². The van der Waals surface area contributed by atoms with Crippen molar-refractivity contribution >= 4 is 21.9 Å². The lowest BCUT2D eigenvalue weighted by Gasteiger charge is -2.26. The van der Waals surface area contributed by atoms with E-state index in [2.05, 4.69) is 4.72 Å². The first-order chi connectivity index (χ1) is 9.94. The average Bonchev–Trinajstić information content (AvgIpc) is 2.49. The lowest BCUT2D eigenvalue weighted by Crippen LogP contribution is -2.39. The largest absolute Gasteiger partial charge is 0.465 e. The average molecular weight is 312 g/mol. The molecule has 0 radical (unpaired) electrons. The molecular formula is C14H20N2O4S. The number of carbonyl (C=O) groups excluding carboxylic acids is 1. The maximum atomic E-state index is 12.4. The zero-order valence-electron chi connectivity index (χ0n) is 12.3. The van der Waals surface area contributed by atoms with Crippen molar-refractivity contribution in [2.75, 3.05) is 24.9 Å². The Morgan fingerprint density at radius 1 is 1.24 bits per heavy atom. The van der Waals surface area contributed by atoms with Gasteiger partial charge in [-0.25, -0.2) is 4.79 Å². The lowest BCUT2D eigenvalue weighted by atomic mass is 10.1. The molecule has 1 aromatic carbocycles. The SMILES string of the molecule is COC(=O)c1cc(C)ccc1NS(=O)(=O)N1CCCCC1. The minimum atomic E-state index is -3.64. The second-order valence-electron chi connectivity index (χ2n) is 5.11.